The summed E-state index contributed by atoms with van der Waals surface area (Å²) in [5.74, 6) is 0.359. The van der Waals surface area contributed by atoms with Crippen molar-refractivity contribution >= 4 is 0 Å². The molecule has 0 aromatic carbocycles. The van der Waals surface area contributed by atoms with E-state index in [1.807, 2.05) is 0 Å². The fourth-order valence-electron chi connectivity index (χ4n) is 1.85. The molecule has 1 saturated carbocycles. The highest BCUT2D eigenvalue weighted by Crippen LogP contribution is 2.16. The summed E-state index contributed by atoms with van der Waals surface area (Å²) in [6, 6.07) is 0.966. The Morgan fingerprint density at radius 3 is 2.92 bits per heavy atom. The van der Waals surface area contributed by atoms with Crippen LogP contribution in [0.15, 0.2) is 0 Å². The number of aliphatic hydroxyl groups is 1. The molecule has 1 aliphatic rings. The molecule has 0 radical (unpaired) electrons. The molecular weight excluding hydrogens is 164 g/mol. The number of hydrogen-bond donors (Lipinski definition) is 3. The van der Waals surface area contributed by atoms with Crippen molar-refractivity contribution in [2.75, 3.05) is 13.2 Å². The van der Waals surface area contributed by atoms with Crippen molar-refractivity contribution in [1.82, 2.24) is 5.32 Å². The van der Waals surface area contributed by atoms with Gasteiger partial charge in [0.15, 0.2) is 0 Å². The Kier molecular flexibility index (Phi) is 4.70. The first-order valence-corrected chi connectivity index (χ1v) is 5.32. The molecule has 3 heteroatoms. The lowest BCUT2D eigenvalue weighted by atomic mass is 9.91. The van der Waals surface area contributed by atoms with Crippen LogP contribution in [0.5, 0.6) is 0 Å². The van der Waals surface area contributed by atoms with Crippen LogP contribution in [-0.4, -0.2) is 30.3 Å². The third kappa shape index (κ3) is 4.07. The number of nitrogens with two attached hydrogens (primary N) is 1. The molecule has 0 aromatic heterocycles. The van der Waals surface area contributed by atoms with Crippen molar-refractivity contribution in [2.45, 2.75) is 44.7 Å². The highest BCUT2D eigenvalue weighted by molar-refractivity contribution is 4.80. The van der Waals surface area contributed by atoms with Crippen molar-refractivity contribution in [3.8, 4) is 0 Å². The Morgan fingerprint density at radius 2 is 2.31 bits per heavy atom. The van der Waals surface area contributed by atoms with Crippen molar-refractivity contribution in [3.63, 3.8) is 0 Å². The molecule has 1 fully saturated rings. The van der Waals surface area contributed by atoms with Gasteiger partial charge in [-0.05, 0) is 25.2 Å². The summed E-state index contributed by atoms with van der Waals surface area (Å²) in [6.07, 6.45) is 4.75. The summed E-state index contributed by atoms with van der Waals surface area (Å²) in [6.45, 7) is 3.23. The van der Waals surface area contributed by atoms with E-state index in [2.05, 4.69) is 12.2 Å². The molecule has 3 atom stereocenters. The molecule has 0 saturated heterocycles. The van der Waals surface area contributed by atoms with Gasteiger partial charge in [-0.1, -0.05) is 13.3 Å². The fourth-order valence-corrected chi connectivity index (χ4v) is 1.85. The second-order valence-electron chi connectivity index (χ2n) is 4.32. The molecular formula is C10H22N2O. The Morgan fingerprint density at radius 1 is 1.54 bits per heavy atom. The molecule has 78 valence electrons. The highest BCUT2D eigenvalue weighted by atomic mass is 16.3. The third-order valence-electron chi connectivity index (χ3n) is 2.78. The van der Waals surface area contributed by atoms with Crippen molar-refractivity contribution in [3.05, 3.63) is 0 Å². The van der Waals surface area contributed by atoms with Gasteiger partial charge in [0.25, 0.3) is 0 Å². The largest absolute Gasteiger partial charge is 0.396 e. The van der Waals surface area contributed by atoms with Gasteiger partial charge in [0.1, 0.15) is 0 Å². The molecule has 1 aliphatic carbocycles. The average molecular weight is 186 g/mol. The van der Waals surface area contributed by atoms with Crippen LogP contribution in [0, 0.1) is 5.92 Å². The Bertz CT molecular complexity index is 141. The highest BCUT2D eigenvalue weighted by Gasteiger charge is 2.18. The van der Waals surface area contributed by atoms with Crippen LogP contribution in [0.25, 0.3) is 0 Å². The van der Waals surface area contributed by atoms with Crippen LogP contribution >= 0.6 is 0 Å². The predicted octanol–water partition coefficient (Wildman–Crippen LogP) is 0.474. The summed E-state index contributed by atoms with van der Waals surface area (Å²) in [5.41, 5.74) is 5.87. The van der Waals surface area contributed by atoms with E-state index >= 15 is 0 Å². The van der Waals surface area contributed by atoms with Crippen LogP contribution in [0.4, 0.5) is 0 Å². The minimum Gasteiger partial charge on any atom is -0.396 e. The van der Waals surface area contributed by atoms with E-state index in [0.29, 0.717) is 18.0 Å². The minimum atomic E-state index is 0.270. The molecule has 0 heterocycles. The number of nitrogens with one attached hydrogen (secondary N) is 1. The van der Waals surface area contributed by atoms with Crippen LogP contribution in [-0.2, 0) is 0 Å². The normalized spacial score (nSPS) is 31.6. The SMILES string of the molecule is CC(CO)CNC1CCCC(N)C1. The van der Waals surface area contributed by atoms with Gasteiger partial charge in [0.2, 0.25) is 0 Å². The molecule has 0 aromatic rings. The molecule has 0 spiro atoms. The van der Waals surface area contributed by atoms with E-state index in [9.17, 15) is 0 Å². The minimum absolute atomic E-state index is 0.270. The van der Waals surface area contributed by atoms with E-state index in [4.69, 9.17) is 10.8 Å². The molecule has 0 bridgehead atoms. The lowest BCUT2D eigenvalue weighted by Gasteiger charge is -2.28. The molecule has 4 N–H and O–H groups in total. The molecule has 0 amide bonds. The molecule has 1 rings (SSSR count). The van der Waals surface area contributed by atoms with E-state index in [0.717, 1.165) is 13.0 Å². The van der Waals surface area contributed by atoms with Crippen molar-refractivity contribution < 1.29 is 5.11 Å². The second kappa shape index (κ2) is 5.58. The van der Waals surface area contributed by atoms with Gasteiger partial charge in [-0.15, -0.1) is 0 Å². The predicted molar refractivity (Wildman–Crippen MR) is 54.5 cm³/mol. The standard InChI is InChI=1S/C10H22N2O/c1-8(7-13)6-12-10-4-2-3-9(11)5-10/h8-10,12-13H,2-7,11H2,1H3. The van der Waals surface area contributed by atoms with Gasteiger partial charge >= 0.3 is 0 Å². The van der Waals surface area contributed by atoms with Crippen LogP contribution in [0.3, 0.4) is 0 Å². The summed E-state index contributed by atoms with van der Waals surface area (Å²) in [4.78, 5) is 0. The molecule has 3 nitrogen and oxygen atoms in total. The quantitative estimate of drug-likeness (QED) is 0.598. The maximum atomic E-state index is 8.85. The lowest BCUT2D eigenvalue weighted by Crippen LogP contribution is -2.41. The Labute approximate surface area is 80.7 Å². The van der Waals surface area contributed by atoms with Crippen molar-refractivity contribution in [2.24, 2.45) is 11.7 Å². The van der Waals surface area contributed by atoms with E-state index in [-0.39, 0.29) is 6.61 Å². The zero-order chi connectivity index (χ0) is 9.68. The maximum absolute atomic E-state index is 8.85. The van der Waals surface area contributed by atoms with Gasteiger partial charge in [-0.3, -0.25) is 0 Å². The van der Waals surface area contributed by atoms with E-state index < -0.39 is 0 Å². The summed E-state index contributed by atoms with van der Waals surface area (Å²) in [5, 5.41) is 12.3. The topological polar surface area (TPSA) is 58.3 Å². The molecule has 3 unspecified atom stereocenters. The summed E-state index contributed by atoms with van der Waals surface area (Å²) in [7, 11) is 0. The first-order chi connectivity index (χ1) is 6.22. The van der Waals surface area contributed by atoms with Crippen LogP contribution < -0.4 is 11.1 Å². The number of hydrogen-bond acceptors (Lipinski definition) is 3. The smallest absolute Gasteiger partial charge is 0.0468 e. The first-order valence-electron chi connectivity index (χ1n) is 5.32. The van der Waals surface area contributed by atoms with Gasteiger partial charge in [-0.25, -0.2) is 0 Å². The number of aliphatic hydroxyl groups excluding tert-OH is 1. The Balaban J connectivity index is 2.13. The Hall–Kier alpha value is -0.120. The van der Waals surface area contributed by atoms with Gasteiger partial charge in [0, 0.05) is 25.2 Å². The second-order valence-corrected chi connectivity index (χ2v) is 4.32. The zero-order valence-electron chi connectivity index (χ0n) is 8.50. The number of rotatable bonds is 4. The summed E-state index contributed by atoms with van der Waals surface area (Å²) >= 11 is 0. The van der Waals surface area contributed by atoms with Gasteiger partial charge in [0.05, 0.1) is 0 Å². The first kappa shape index (κ1) is 11.0. The fraction of sp³-hybridized carbons (Fsp3) is 1.00. The van der Waals surface area contributed by atoms with Crippen LogP contribution in [0.2, 0.25) is 0 Å². The van der Waals surface area contributed by atoms with Crippen LogP contribution in [0.1, 0.15) is 32.6 Å². The van der Waals surface area contributed by atoms with Gasteiger partial charge in [-0.2, -0.15) is 0 Å². The zero-order valence-corrected chi connectivity index (χ0v) is 8.50. The maximum Gasteiger partial charge on any atom is 0.0468 e. The third-order valence-corrected chi connectivity index (χ3v) is 2.78. The van der Waals surface area contributed by atoms with E-state index in [1.54, 1.807) is 0 Å². The molecule has 13 heavy (non-hydrogen) atoms. The van der Waals surface area contributed by atoms with E-state index in [1.165, 1.54) is 19.3 Å². The van der Waals surface area contributed by atoms with Crippen molar-refractivity contribution in [1.29, 1.82) is 0 Å². The van der Waals surface area contributed by atoms with Gasteiger partial charge < -0.3 is 16.2 Å². The summed E-state index contributed by atoms with van der Waals surface area (Å²) < 4.78 is 0. The lowest BCUT2D eigenvalue weighted by molar-refractivity contribution is 0.223. The average Bonchev–Trinajstić information content (AvgIpc) is 2.14. The monoisotopic (exact) mass is 186 g/mol. The molecule has 0 aliphatic heterocycles.